The largest absolute Gasteiger partial charge is 0.481 e. The smallest absolute Gasteiger partial charge is 0.303 e. The van der Waals surface area contributed by atoms with Crippen LogP contribution in [0.5, 0.6) is 0 Å². The molecule has 0 rings (SSSR count). The lowest BCUT2D eigenvalue weighted by molar-refractivity contribution is -0.137. The van der Waals surface area contributed by atoms with Crippen molar-refractivity contribution < 1.29 is 24.9 Å². The number of Topliss-reactive ketones (excluding diaryl/α,β-unsaturated/α-hetero) is 1. The molecule has 0 radical (unpaired) electrons. The highest BCUT2D eigenvalue weighted by Crippen LogP contribution is 2.13. The molecule has 0 aromatic carbocycles. The number of carbonyl (C=O) groups is 2. The van der Waals surface area contributed by atoms with Gasteiger partial charge in [0.25, 0.3) is 0 Å². The summed E-state index contributed by atoms with van der Waals surface area (Å²) in [4.78, 5) is 22.1. The quantitative estimate of drug-likeness (QED) is 0.377. The molecule has 0 aromatic heterocycles. The standard InChI is InChI=1S/C18H34O5/c1-2-3-4-8-11-15(19)14-17(21)16(20)12-9-6-5-7-10-13-18(22)23/h16-17,20-21H,2-14H2,1H3,(H,22,23)/t16-,17+/m1/s1. The molecule has 0 aliphatic heterocycles. The van der Waals surface area contributed by atoms with Crippen molar-refractivity contribution in [3.63, 3.8) is 0 Å². The van der Waals surface area contributed by atoms with E-state index in [1.54, 1.807) is 0 Å². The summed E-state index contributed by atoms with van der Waals surface area (Å²) in [5.41, 5.74) is 0. The molecule has 0 fully saturated rings. The summed E-state index contributed by atoms with van der Waals surface area (Å²) in [5, 5.41) is 28.2. The lowest BCUT2D eigenvalue weighted by Crippen LogP contribution is -2.28. The van der Waals surface area contributed by atoms with Crippen LogP contribution in [-0.4, -0.2) is 39.3 Å². The number of ketones is 1. The fourth-order valence-corrected chi connectivity index (χ4v) is 2.57. The third-order valence-electron chi connectivity index (χ3n) is 4.08. The Kier molecular flexibility index (Phi) is 14.0. The van der Waals surface area contributed by atoms with Crippen molar-refractivity contribution in [3.8, 4) is 0 Å². The summed E-state index contributed by atoms with van der Waals surface area (Å²) in [6.45, 7) is 2.12. The van der Waals surface area contributed by atoms with E-state index in [1.165, 1.54) is 0 Å². The predicted molar refractivity (Wildman–Crippen MR) is 90.4 cm³/mol. The van der Waals surface area contributed by atoms with Crippen LogP contribution >= 0.6 is 0 Å². The molecule has 23 heavy (non-hydrogen) atoms. The van der Waals surface area contributed by atoms with Gasteiger partial charge < -0.3 is 15.3 Å². The van der Waals surface area contributed by atoms with E-state index in [4.69, 9.17) is 5.11 Å². The molecular weight excluding hydrogens is 296 g/mol. The Morgan fingerprint density at radius 1 is 0.783 bits per heavy atom. The number of carbonyl (C=O) groups excluding carboxylic acids is 1. The number of hydrogen-bond acceptors (Lipinski definition) is 4. The third kappa shape index (κ3) is 14.4. The van der Waals surface area contributed by atoms with Gasteiger partial charge >= 0.3 is 5.97 Å². The van der Waals surface area contributed by atoms with Gasteiger partial charge in [0.1, 0.15) is 5.78 Å². The Balaban J connectivity index is 3.59. The maximum absolute atomic E-state index is 11.7. The van der Waals surface area contributed by atoms with Gasteiger partial charge in [0.05, 0.1) is 12.2 Å². The maximum atomic E-state index is 11.7. The van der Waals surface area contributed by atoms with Gasteiger partial charge in [-0.15, -0.1) is 0 Å². The van der Waals surface area contributed by atoms with Gasteiger partial charge in [0.2, 0.25) is 0 Å². The second kappa shape index (κ2) is 14.6. The summed E-state index contributed by atoms with van der Waals surface area (Å²) in [7, 11) is 0. The van der Waals surface area contributed by atoms with Crippen LogP contribution in [0.25, 0.3) is 0 Å². The Hall–Kier alpha value is -0.940. The molecule has 2 atom stereocenters. The van der Waals surface area contributed by atoms with E-state index in [2.05, 4.69) is 6.92 Å². The highest BCUT2D eigenvalue weighted by molar-refractivity contribution is 5.78. The molecule has 0 saturated carbocycles. The lowest BCUT2D eigenvalue weighted by Gasteiger charge is -2.17. The Labute approximate surface area is 140 Å². The molecule has 0 spiro atoms. The molecule has 0 saturated heterocycles. The maximum Gasteiger partial charge on any atom is 0.303 e. The van der Waals surface area contributed by atoms with Crippen LogP contribution in [0.4, 0.5) is 0 Å². The minimum Gasteiger partial charge on any atom is -0.481 e. The van der Waals surface area contributed by atoms with Gasteiger partial charge in [-0.05, 0) is 19.3 Å². The number of carboxylic acids is 1. The molecule has 0 aliphatic rings. The lowest BCUT2D eigenvalue weighted by atomic mass is 9.99. The number of unbranched alkanes of at least 4 members (excludes halogenated alkanes) is 7. The van der Waals surface area contributed by atoms with Crippen molar-refractivity contribution in [1.82, 2.24) is 0 Å². The number of aliphatic carboxylic acids is 1. The molecule has 3 N–H and O–H groups in total. The molecule has 136 valence electrons. The van der Waals surface area contributed by atoms with Crippen molar-refractivity contribution in [2.45, 2.75) is 103 Å². The molecule has 5 nitrogen and oxygen atoms in total. The van der Waals surface area contributed by atoms with Crippen LogP contribution < -0.4 is 0 Å². The Morgan fingerprint density at radius 2 is 1.35 bits per heavy atom. The van der Waals surface area contributed by atoms with Crippen molar-refractivity contribution in [2.75, 3.05) is 0 Å². The average molecular weight is 330 g/mol. The Morgan fingerprint density at radius 3 is 2.00 bits per heavy atom. The first kappa shape index (κ1) is 22.1. The van der Waals surface area contributed by atoms with Crippen molar-refractivity contribution >= 4 is 11.8 Å². The molecule has 5 heteroatoms. The molecule has 0 aliphatic carbocycles. The molecule has 0 amide bonds. The fraction of sp³-hybridized carbons (Fsp3) is 0.889. The molecule has 0 aromatic rings. The van der Waals surface area contributed by atoms with E-state index in [0.717, 1.165) is 51.4 Å². The zero-order valence-electron chi connectivity index (χ0n) is 14.5. The normalized spacial score (nSPS) is 13.7. The van der Waals surface area contributed by atoms with E-state index >= 15 is 0 Å². The van der Waals surface area contributed by atoms with Gasteiger partial charge in [0.15, 0.2) is 0 Å². The van der Waals surface area contributed by atoms with Crippen LogP contribution in [-0.2, 0) is 9.59 Å². The van der Waals surface area contributed by atoms with Gasteiger partial charge in [-0.1, -0.05) is 51.9 Å². The number of carboxylic acid groups (broad SMARTS) is 1. The Bertz CT molecular complexity index is 317. The van der Waals surface area contributed by atoms with Gasteiger partial charge in [0, 0.05) is 19.3 Å². The van der Waals surface area contributed by atoms with Crippen LogP contribution in [0, 0.1) is 0 Å². The SMILES string of the molecule is CCCCCCC(=O)C[C@H](O)[C@H](O)CCCCCCCC(=O)O. The van der Waals surface area contributed by atoms with E-state index in [1.807, 2.05) is 0 Å². The van der Waals surface area contributed by atoms with Crippen LogP contribution in [0.3, 0.4) is 0 Å². The van der Waals surface area contributed by atoms with Crippen molar-refractivity contribution in [2.24, 2.45) is 0 Å². The van der Waals surface area contributed by atoms with Crippen molar-refractivity contribution in [1.29, 1.82) is 0 Å². The molecular formula is C18H34O5. The number of aliphatic hydroxyl groups is 2. The fourth-order valence-electron chi connectivity index (χ4n) is 2.57. The number of rotatable bonds is 16. The second-order valence-electron chi connectivity index (χ2n) is 6.39. The molecule has 0 unspecified atom stereocenters. The zero-order valence-corrected chi connectivity index (χ0v) is 14.5. The highest BCUT2D eigenvalue weighted by Gasteiger charge is 2.19. The predicted octanol–water partition coefficient (Wildman–Crippen LogP) is 3.45. The summed E-state index contributed by atoms with van der Waals surface area (Å²) in [6, 6.07) is 0. The molecule has 0 bridgehead atoms. The number of hydrogen-bond donors (Lipinski definition) is 3. The third-order valence-corrected chi connectivity index (χ3v) is 4.08. The van der Waals surface area contributed by atoms with Crippen LogP contribution in [0.15, 0.2) is 0 Å². The minimum atomic E-state index is -0.958. The second-order valence-corrected chi connectivity index (χ2v) is 6.39. The van der Waals surface area contributed by atoms with E-state index in [9.17, 15) is 19.8 Å². The first-order valence-corrected chi connectivity index (χ1v) is 9.07. The van der Waals surface area contributed by atoms with Crippen LogP contribution in [0.1, 0.15) is 90.4 Å². The van der Waals surface area contributed by atoms with Gasteiger partial charge in [-0.2, -0.15) is 0 Å². The van der Waals surface area contributed by atoms with Gasteiger partial charge in [-0.3, -0.25) is 9.59 Å². The molecule has 0 heterocycles. The summed E-state index contributed by atoms with van der Waals surface area (Å²) in [5.74, 6) is -0.732. The van der Waals surface area contributed by atoms with E-state index in [0.29, 0.717) is 19.3 Å². The van der Waals surface area contributed by atoms with Gasteiger partial charge in [-0.25, -0.2) is 0 Å². The summed E-state index contributed by atoms with van der Waals surface area (Å²) >= 11 is 0. The van der Waals surface area contributed by atoms with Crippen molar-refractivity contribution in [3.05, 3.63) is 0 Å². The zero-order chi connectivity index (χ0) is 17.5. The minimum absolute atomic E-state index is 0.0290. The van der Waals surface area contributed by atoms with Crippen LogP contribution in [0.2, 0.25) is 0 Å². The summed E-state index contributed by atoms with van der Waals surface area (Å²) in [6.07, 6.45) is 7.81. The van der Waals surface area contributed by atoms with E-state index < -0.39 is 18.2 Å². The average Bonchev–Trinajstić information content (AvgIpc) is 2.50. The van der Waals surface area contributed by atoms with E-state index in [-0.39, 0.29) is 18.6 Å². The monoisotopic (exact) mass is 330 g/mol. The summed E-state index contributed by atoms with van der Waals surface area (Å²) < 4.78 is 0. The first-order valence-electron chi connectivity index (χ1n) is 9.07. The topological polar surface area (TPSA) is 94.8 Å². The highest BCUT2D eigenvalue weighted by atomic mass is 16.4. The first-order chi connectivity index (χ1) is 11.0. The number of aliphatic hydroxyl groups excluding tert-OH is 2.